The summed E-state index contributed by atoms with van der Waals surface area (Å²) in [5.41, 5.74) is 0. The molecule has 4 heteroatoms. The zero-order valence-corrected chi connectivity index (χ0v) is 27.6. The summed E-state index contributed by atoms with van der Waals surface area (Å²) >= 11 is 0. The van der Waals surface area contributed by atoms with E-state index in [0.717, 1.165) is 57.8 Å². The second kappa shape index (κ2) is 33.2. The number of carboxylic acids is 1. The first-order chi connectivity index (χ1) is 20.1. The molecule has 0 radical (unpaired) electrons. The second-order valence-electron chi connectivity index (χ2n) is 12.4. The maximum atomic E-state index is 12.5. The van der Waals surface area contributed by atoms with Gasteiger partial charge < -0.3 is 9.84 Å². The van der Waals surface area contributed by atoms with E-state index in [2.05, 4.69) is 26.0 Å². The summed E-state index contributed by atoms with van der Waals surface area (Å²) in [6.07, 6.45) is 39.6. The average Bonchev–Trinajstić information content (AvgIpc) is 2.95. The van der Waals surface area contributed by atoms with Crippen LogP contribution in [-0.2, 0) is 14.3 Å². The van der Waals surface area contributed by atoms with Crippen LogP contribution in [0.1, 0.15) is 206 Å². The highest BCUT2D eigenvalue weighted by Crippen LogP contribution is 2.18. The first kappa shape index (κ1) is 39.7. The maximum absolute atomic E-state index is 12.5. The molecule has 1 N–H and O–H groups in total. The predicted molar refractivity (Wildman–Crippen MR) is 177 cm³/mol. The van der Waals surface area contributed by atoms with Crippen LogP contribution in [0.4, 0.5) is 0 Å². The topological polar surface area (TPSA) is 63.6 Å². The van der Waals surface area contributed by atoms with Crippen molar-refractivity contribution in [2.45, 2.75) is 213 Å². The molecule has 0 fully saturated rings. The van der Waals surface area contributed by atoms with E-state index in [-0.39, 0.29) is 12.1 Å². The molecule has 0 aromatic carbocycles. The van der Waals surface area contributed by atoms with Gasteiger partial charge in [0, 0.05) is 12.8 Å². The van der Waals surface area contributed by atoms with Gasteiger partial charge in [0.05, 0.1) is 0 Å². The predicted octanol–water partition coefficient (Wildman–Crippen LogP) is 12.3. The van der Waals surface area contributed by atoms with Crippen molar-refractivity contribution in [3.8, 4) is 0 Å². The Morgan fingerprint density at radius 1 is 0.512 bits per heavy atom. The number of hydrogen-bond donors (Lipinski definition) is 1. The van der Waals surface area contributed by atoms with Crippen LogP contribution in [0, 0.1) is 0 Å². The highest BCUT2D eigenvalue weighted by Gasteiger charge is 2.14. The van der Waals surface area contributed by atoms with Gasteiger partial charge in [-0.1, -0.05) is 142 Å². The van der Waals surface area contributed by atoms with Crippen LogP contribution >= 0.6 is 0 Å². The molecule has 0 heterocycles. The molecule has 0 aromatic rings. The Bertz CT molecular complexity index is 585. The van der Waals surface area contributed by atoms with E-state index >= 15 is 0 Å². The molecule has 0 aliphatic carbocycles. The van der Waals surface area contributed by atoms with E-state index in [9.17, 15) is 9.59 Å². The minimum Gasteiger partial charge on any atom is -0.481 e. The smallest absolute Gasteiger partial charge is 0.306 e. The number of ether oxygens (including phenoxy) is 1. The van der Waals surface area contributed by atoms with Gasteiger partial charge in [-0.2, -0.15) is 0 Å². The molecule has 0 spiro atoms. The van der Waals surface area contributed by atoms with Crippen molar-refractivity contribution in [1.29, 1.82) is 0 Å². The highest BCUT2D eigenvalue weighted by molar-refractivity contribution is 5.69. The van der Waals surface area contributed by atoms with Gasteiger partial charge in [0.25, 0.3) is 0 Å². The van der Waals surface area contributed by atoms with Gasteiger partial charge in [-0.15, -0.1) is 0 Å². The molecule has 0 aliphatic rings. The molecule has 0 aliphatic heterocycles. The maximum Gasteiger partial charge on any atom is 0.306 e. The van der Waals surface area contributed by atoms with Gasteiger partial charge in [-0.05, 0) is 64.2 Å². The molecular weight excluding hydrogens is 508 g/mol. The summed E-state index contributed by atoms with van der Waals surface area (Å²) in [5.74, 6) is -0.666. The van der Waals surface area contributed by atoms with Crippen LogP contribution in [0.25, 0.3) is 0 Å². The van der Waals surface area contributed by atoms with E-state index in [1.165, 1.54) is 122 Å². The zero-order valence-electron chi connectivity index (χ0n) is 27.6. The van der Waals surface area contributed by atoms with Gasteiger partial charge in [0.1, 0.15) is 6.10 Å². The number of hydrogen-bond acceptors (Lipinski definition) is 3. The molecule has 1 atom stereocenters. The van der Waals surface area contributed by atoms with Gasteiger partial charge in [0.15, 0.2) is 0 Å². The Hall–Kier alpha value is -1.32. The van der Waals surface area contributed by atoms with Gasteiger partial charge in [-0.25, -0.2) is 0 Å². The largest absolute Gasteiger partial charge is 0.481 e. The van der Waals surface area contributed by atoms with Crippen molar-refractivity contribution >= 4 is 11.9 Å². The van der Waals surface area contributed by atoms with Crippen LogP contribution in [0.15, 0.2) is 12.2 Å². The molecule has 0 saturated heterocycles. The van der Waals surface area contributed by atoms with Gasteiger partial charge >= 0.3 is 11.9 Å². The highest BCUT2D eigenvalue weighted by atomic mass is 16.5. The molecule has 1 unspecified atom stereocenters. The first-order valence-corrected chi connectivity index (χ1v) is 18.2. The summed E-state index contributed by atoms with van der Waals surface area (Å²) in [5, 5.41) is 8.70. The van der Waals surface area contributed by atoms with Crippen molar-refractivity contribution < 1.29 is 19.4 Å². The molecular formula is C37H70O4. The summed E-state index contributed by atoms with van der Waals surface area (Å²) in [4.78, 5) is 23.1. The monoisotopic (exact) mass is 579 g/mol. The molecule has 242 valence electrons. The Balaban J connectivity index is 3.81. The lowest BCUT2D eigenvalue weighted by molar-refractivity contribution is -0.150. The number of carbonyl (C=O) groups is 2. The zero-order chi connectivity index (χ0) is 30.1. The fourth-order valence-corrected chi connectivity index (χ4v) is 5.53. The second-order valence-corrected chi connectivity index (χ2v) is 12.4. The number of allylic oxidation sites excluding steroid dienone is 2. The van der Waals surface area contributed by atoms with E-state index in [1.54, 1.807) is 0 Å². The molecule has 0 saturated carbocycles. The molecule has 0 amide bonds. The minimum absolute atomic E-state index is 0.0161. The minimum atomic E-state index is -0.682. The van der Waals surface area contributed by atoms with Crippen LogP contribution in [-0.4, -0.2) is 23.1 Å². The van der Waals surface area contributed by atoms with Crippen molar-refractivity contribution in [1.82, 2.24) is 0 Å². The Morgan fingerprint density at radius 2 is 0.878 bits per heavy atom. The van der Waals surface area contributed by atoms with Crippen molar-refractivity contribution in [2.24, 2.45) is 0 Å². The fourth-order valence-electron chi connectivity index (χ4n) is 5.53. The normalized spacial score (nSPS) is 12.2. The number of unbranched alkanes of at least 4 members (excludes halogenated alkanes) is 22. The molecule has 0 rings (SSSR count). The van der Waals surface area contributed by atoms with Crippen LogP contribution in [0.3, 0.4) is 0 Å². The van der Waals surface area contributed by atoms with Crippen molar-refractivity contribution in [2.75, 3.05) is 0 Å². The Kier molecular flexibility index (Phi) is 32.1. The van der Waals surface area contributed by atoms with Gasteiger partial charge in [0.2, 0.25) is 0 Å². The molecule has 41 heavy (non-hydrogen) atoms. The van der Waals surface area contributed by atoms with Crippen molar-refractivity contribution in [3.05, 3.63) is 12.2 Å². The number of carboxylic acid groups (broad SMARTS) is 1. The van der Waals surface area contributed by atoms with E-state index in [1.807, 2.05) is 0 Å². The lowest BCUT2D eigenvalue weighted by Crippen LogP contribution is -2.18. The van der Waals surface area contributed by atoms with E-state index < -0.39 is 5.97 Å². The summed E-state index contributed by atoms with van der Waals surface area (Å²) < 4.78 is 5.95. The summed E-state index contributed by atoms with van der Waals surface area (Å²) in [6, 6.07) is 0. The van der Waals surface area contributed by atoms with Crippen molar-refractivity contribution in [3.63, 3.8) is 0 Å². The third kappa shape index (κ3) is 33.1. The molecule has 0 bridgehead atoms. The SMILES string of the molecule is CCCCCCCC/C=C\CCCCCCCCC(=O)OC(CCCCCC)CCCCCCCCCCC(=O)O. The number of rotatable bonds is 33. The molecule has 0 aromatic heterocycles. The quantitative estimate of drug-likeness (QED) is 0.0478. The van der Waals surface area contributed by atoms with Crippen LogP contribution in [0.2, 0.25) is 0 Å². The van der Waals surface area contributed by atoms with E-state index in [4.69, 9.17) is 9.84 Å². The van der Waals surface area contributed by atoms with Crippen LogP contribution < -0.4 is 0 Å². The van der Waals surface area contributed by atoms with Gasteiger partial charge in [-0.3, -0.25) is 9.59 Å². The number of aliphatic carboxylic acids is 1. The fraction of sp³-hybridized carbons (Fsp3) is 0.892. The number of carbonyl (C=O) groups excluding carboxylic acids is 1. The average molecular weight is 579 g/mol. The number of esters is 1. The molecule has 4 nitrogen and oxygen atoms in total. The summed E-state index contributed by atoms with van der Waals surface area (Å²) in [6.45, 7) is 4.51. The Labute approximate surface area is 255 Å². The first-order valence-electron chi connectivity index (χ1n) is 18.2. The summed E-state index contributed by atoms with van der Waals surface area (Å²) in [7, 11) is 0. The Morgan fingerprint density at radius 3 is 1.34 bits per heavy atom. The third-order valence-electron chi connectivity index (χ3n) is 8.24. The lowest BCUT2D eigenvalue weighted by atomic mass is 10.0. The lowest BCUT2D eigenvalue weighted by Gasteiger charge is -2.18. The third-order valence-corrected chi connectivity index (χ3v) is 8.24. The van der Waals surface area contributed by atoms with Crippen LogP contribution in [0.5, 0.6) is 0 Å². The van der Waals surface area contributed by atoms with E-state index in [0.29, 0.717) is 12.8 Å². The standard InChI is InChI=1S/C37H70O4/c1-3-5-7-9-10-11-12-13-14-15-16-17-18-23-26-30-34-37(40)41-35(31-27-8-6-4-2)32-28-24-21-19-20-22-25-29-33-36(38)39/h13-14,35H,3-12,15-34H2,1-2H3,(H,38,39)/b14-13-.